The van der Waals surface area contributed by atoms with Gasteiger partial charge in [-0.15, -0.1) is 0 Å². The van der Waals surface area contributed by atoms with Crippen LogP contribution in [0.4, 0.5) is 0 Å². The molecule has 1 aromatic carbocycles. The Balaban J connectivity index is 2.62. The number of aromatic carboxylic acids is 1. The van der Waals surface area contributed by atoms with Crippen LogP contribution in [0.2, 0.25) is 0 Å². The van der Waals surface area contributed by atoms with Crippen molar-refractivity contribution in [2.24, 2.45) is 0 Å². The summed E-state index contributed by atoms with van der Waals surface area (Å²) in [6.07, 6.45) is 2.87. The summed E-state index contributed by atoms with van der Waals surface area (Å²) in [5.74, 6) is 0.167. The molecule has 0 aliphatic rings. The summed E-state index contributed by atoms with van der Waals surface area (Å²) in [6.45, 7) is 0. The average molecular weight is 259 g/mol. The number of pyridine rings is 1. The minimum Gasteiger partial charge on any atom is -0.497 e. The van der Waals surface area contributed by atoms with Gasteiger partial charge in [-0.3, -0.25) is 4.98 Å². The molecule has 0 radical (unpaired) electrons. The number of benzene rings is 1. The molecule has 0 unspecified atom stereocenters. The highest BCUT2D eigenvalue weighted by atomic mass is 16.5. The number of hydrogen-bond acceptors (Lipinski definition) is 4. The molecule has 5 nitrogen and oxygen atoms in total. The van der Waals surface area contributed by atoms with E-state index in [-0.39, 0.29) is 5.56 Å². The maximum absolute atomic E-state index is 11.2. The summed E-state index contributed by atoms with van der Waals surface area (Å²) in [4.78, 5) is 15.0. The van der Waals surface area contributed by atoms with Gasteiger partial charge in [0.25, 0.3) is 0 Å². The van der Waals surface area contributed by atoms with Crippen LogP contribution in [-0.2, 0) is 0 Å². The van der Waals surface area contributed by atoms with Crippen molar-refractivity contribution in [1.29, 1.82) is 0 Å². The second kappa shape index (κ2) is 5.39. The van der Waals surface area contributed by atoms with E-state index in [9.17, 15) is 9.90 Å². The maximum Gasteiger partial charge on any atom is 0.337 e. The summed E-state index contributed by atoms with van der Waals surface area (Å²) in [6, 6.07) is 6.87. The zero-order valence-corrected chi connectivity index (χ0v) is 10.6. The van der Waals surface area contributed by atoms with Crippen LogP contribution in [0, 0.1) is 0 Å². The number of hydrogen-bond donors (Lipinski definition) is 1. The second-order valence-electron chi connectivity index (χ2n) is 3.79. The van der Waals surface area contributed by atoms with Gasteiger partial charge in [-0.05, 0) is 18.2 Å². The minimum atomic E-state index is -1.03. The molecule has 0 spiro atoms. The topological polar surface area (TPSA) is 68.7 Å². The summed E-state index contributed by atoms with van der Waals surface area (Å²) in [7, 11) is 3.09. The Kier molecular flexibility index (Phi) is 3.66. The third-order valence-corrected chi connectivity index (χ3v) is 2.75. The van der Waals surface area contributed by atoms with E-state index in [0.717, 1.165) is 0 Å². The Morgan fingerprint density at radius 1 is 1.16 bits per heavy atom. The predicted octanol–water partition coefficient (Wildman–Crippen LogP) is 2.46. The predicted molar refractivity (Wildman–Crippen MR) is 69.7 cm³/mol. The monoisotopic (exact) mass is 259 g/mol. The number of carboxylic acid groups (broad SMARTS) is 1. The number of carbonyl (C=O) groups is 1. The van der Waals surface area contributed by atoms with Gasteiger partial charge in [-0.2, -0.15) is 0 Å². The fourth-order valence-corrected chi connectivity index (χ4v) is 1.82. The van der Waals surface area contributed by atoms with Crippen LogP contribution in [0.25, 0.3) is 11.1 Å². The van der Waals surface area contributed by atoms with Crippen molar-refractivity contribution in [1.82, 2.24) is 4.98 Å². The fraction of sp³-hybridized carbons (Fsp3) is 0.143. The first-order valence-electron chi connectivity index (χ1n) is 5.57. The standard InChI is InChI=1S/C14H13NO4/c1-18-9-3-4-11(13(7-9)19-2)10-5-6-15-8-12(10)14(16)17/h3-8H,1-2H3,(H,16,17). The van der Waals surface area contributed by atoms with Gasteiger partial charge >= 0.3 is 5.97 Å². The molecule has 1 aromatic heterocycles. The lowest BCUT2D eigenvalue weighted by Gasteiger charge is -2.12. The number of ether oxygens (including phenoxy) is 2. The quantitative estimate of drug-likeness (QED) is 0.913. The highest BCUT2D eigenvalue weighted by Gasteiger charge is 2.15. The van der Waals surface area contributed by atoms with Gasteiger partial charge < -0.3 is 14.6 Å². The van der Waals surface area contributed by atoms with Crippen molar-refractivity contribution in [2.45, 2.75) is 0 Å². The lowest BCUT2D eigenvalue weighted by atomic mass is 10.0. The van der Waals surface area contributed by atoms with Crippen LogP contribution >= 0.6 is 0 Å². The molecule has 19 heavy (non-hydrogen) atoms. The summed E-state index contributed by atoms with van der Waals surface area (Å²) < 4.78 is 10.4. The zero-order chi connectivity index (χ0) is 13.8. The van der Waals surface area contributed by atoms with Gasteiger partial charge in [0.05, 0.1) is 19.8 Å². The maximum atomic E-state index is 11.2. The molecule has 0 amide bonds. The van der Waals surface area contributed by atoms with Gasteiger partial charge in [0.2, 0.25) is 0 Å². The number of rotatable bonds is 4. The summed E-state index contributed by atoms with van der Waals surface area (Å²) >= 11 is 0. The lowest BCUT2D eigenvalue weighted by molar-refractivity contribution is 0.0697. The number of carboxylic acids is 1. The van der Waals surface area contributed by atoms with Crippen molar-refractivity contribution < 1.29 is 19.4 Å². The number of methoxy groups -OCH3 is 2. The molecular formula is C14H13NO4. The molecule has 5 heteroatoms. The first kappa shape index (κ1) is 12.9. The SMILES string of the molecule is COc1ccc(-c2ccncc2C(=O)O)c(OC)c1. The molecule has 2 rings (SSSR count). The van der Waals surface area contributed by atoms with E-state index in [0.29, 0.717) is 22.6 Å². The van der Waals surface area contributed by atoms with Crippen molar-refractivity contribution in [3.63, 3.8) is 0 Å². The van der Waals surface area contributed by atoms with Crippen molar-refractivity contribution in [3.05, 3.63) is 42.2 Å². The first-order chi connectivity index (χ1) is 9.17. The van der Waals surface area contributed by atoms with Crippen LogP contribution in [0.3, 0.4) is 0 Å². The highest BCUT2D eigenvalue weighted by Crippen LogP contribution is 2.34. The number of nitrogens with zero attached hydrogens (tertiary/aromatic N) is 1. The van der Waals surface area contributed by atoms with Crippen LogP contribution in [0.5, 0.6) is 11.5 Å². The molecule has 1 N–H and O–H groups in total. The van der Waals surface area contributed by atoms with E-state index < -0.39 is 5.97 Å². The van der Waals surface area contributed by atoms with Crippen LogP contribution in [-0.4, -0.2) is 30.3 Å². The normalized spacial score (nSPS) is 10.0. The lowest BCUT2D eigenvalue weighted by Crippen LogP contribution is -2.01. The van der Waals surface area contributed by atoms with Crippen LogP contribution < -0.4 is 9.47 Å². The second-order valence-corrected chi connectivity index (χ2v) is 3.79. The Morgan fingerprint density at radius 2 is 1.95 bits per heavy atom. The molecular weight excluding hydrogens is 246 g/mol. The minimum absolute atomic E-state index is 0.131. The Hall–Kier alpha value is -2.56. The molecule has 0 fully saturated rings. The Bertz CT molecular complexity index is 610. The van der Waals surface area contributed by atoms with Gasteiger partial charge in [0.1, 0.15) is 11.5 Å². The third kappa shape index (κ3) is 2.49. The molecule has 1 heterocycles. The van der Waals surface area contributed by atoms with Crippen LogP contribution in [0.15, 0.2) is 36.7 Å². The average Bonchev–Trinajstić information content (AvgIpc) is 2.46. The molecule has 0 atom stereocenters. The Morgan fingerprint density at radius 3 is 2.58 bits per heavy atom. The van der Waals surface area contributed by atoms with Crippen molar-refractivity contribution >= 4 is 5.97 Å². The van der Waals surface area contributed by atoms with E-state index in [1.54, 1.807) is 37.6 Å². The first-order valence-corrected chi connectivity index (χ1v) is 5.57. The third-order valence-electron chi connectivity index (χ3n) is 2.75. The largest absolute Gasteiger partial charge is 0.497 e. The molecule has 0 aliphatic heterocycles. The van der Waals surface area contributed by atoms with E-state index in [1.807, 2.05) is 0 Å². The van der Waals surface area contributed by atoms with Crippen molar-refractivity contribution in [2.75, 3.05) is 14.2 Å². The molecule has 98 valence electrons. The molecule has 0 bridgehead atoms. The van der Waals surface area contributed by atoms with Gasteiger partial charge in [0, 0.05) is 29.6 Å². The summed E-state index contributed by atoms with van der Waals surface area (Å²) in [5.41, 5.74) is 1.37. The molecule has 0 saturated heterocycles. The smallest absolute Gasteiger partial charge is 0.337 e. The van der Waals surface area contributed by atoms with E-state index >= 15 is 0 Å². The van der Waals surface area contributed by atoms with Crippen LogP contribution in [0.1, 0.15) is 10.4 Å². The van der Waals surface area contributed by atoms with Crippen molar-refractivity contribution in [3.8, 4) is 22.6 Å². The number of aromatic nitrogens is 1. The van der Waals surface area contributed by atoms with Gasteiger partial charge in [0.15, 0.2) is 0 Å². The summed E-state index contributed by atoms with van der Waals surface area (Å²) in [5, 5.41) is 9.19. The van der Waals surface area contributed by atoms with Gasteiger partial charge in [-0.25, -0.2) is 4.79 Å². The van der Waals surface area contributed by atoms with Gasteiger partial charge in [-0.1, -0.05) is 0 Å². The van der Waals surface area contributed by atoms with E-state index in [2.05, 4.69) is 4.98 Å². The zero-order valence-electron chi connectivity index (χ0n) is 10.6. The highest BCUT2D eigenvalue weighted by molar-refractivity contribution is 5.96. The van der Waals surface area contributed by atoms with E-state index in [1.165, 1.54) is 13.3 Å². The molecule has 0 saturated carbocycles. The molecule has 0 aliphatic carbocycles. The fourth-order valence-electron chi connectivity index (χ4n) is 1.82. The molecule has 2 aromatic rings. The van der Waals surface area contributed by atoms with E-state index in [4.69, 9.17) is 9.47 Å². The Labute approximate surface area is 110 Å².